The molecule has 2 aliphatic rings. The summed E-state index contributed by atoms with van der Waals surface area (Å²) >= 11 is 0. The third-order valence-electron chi connectivity index (χ3n) is 5.41. The lowest BCUT2D eigenvalue weighted by Crippen LogP contribution is -2.48. The predicted octanol–water partition coefficient (Wildman–Crippen LogP) is 3.11. The largest absolute Gasteiger partial charge is 0.356 e. The van der Waals surface area contributed by atoms with Crippen LogP contribution in [0.15, 0.2) is 52.7 Å². The highest BCUT2D eigenvalue weighted by Crippen LogP contribution is 2.37. The molecule has 3 amide bonds. The Labute approximate surface area is 195 Å². The maximum Gasteiger partial charge on any atom is 0.256 e. The molecule has 1 atom stereocenters. The summed E-state index contributed by atoms with van der Waals surface area (Å²) in [6, 6.07) is 7.41. The molecule has 1 aliphatic heterocycles. The number of hydrogen-bond acceptors (Lipinski definition) is 4. The SMILES string of the molecule is CC(C)NC(=O)c1cccc(NC2=C(C(C)(C)C)CC(C(=O)/N=C3\NCCC(=O)N3)C=C2)c1. The quantitative estimate of drug-likeness (QED) is 0.550. The van der Waals surface area contributed by atoms with Crippen LogP contribution >= 0.6 is 0 Å². The zero-order chi connectivity index (χ0) is 24.2. The van der Waals surface area contributed by atoms with E-state index in [-0.39, 0.29) is 35.1 Å². The van der Waals surface area contributed by atoms with E-state index in [1.165, 1.54) is 0 Å². The van der Waals surface area contributed by atoms with Gasteiger partial charge in [-0.15, -0.1) is 0 Å². The molecule has 1 aliphatic carbocycles. The van der Waals surface area contributed by atoms with Crippen LogP contribution in [0.4, 0.5) is 5.69 Å². The number of carbonyl (C=O) groups excluding carboxylic acids is 3. The molecule has 176 valence electrons. The molecule has 1 saturated heterocycles. The van der Waals surface area contributed by atoms with Gasteiger partial charge in [-0.25, -0.2) is 0 Å². The van der Waals surface area contributed by atoms with E-state index in [1.54, 1.807) is 6.07 Å². The third kappa shape index (κ3) is 6.54. The molecule has 1 aromatic rings. The normalized spacial score (nSPS) is 19.9. The summed E-state index contributed by atoms with van der Waals surface area (Å²) in [7, 11) is 0. The first-order valence-corrected chi connectivity index (χ1v) is 11.3. The van der Waals surface area contributed by atoms with Crippen molar-refractivity contribution in [1.82, 2.24) is 16.0 Å². The first kappa shape index (κ1) is 24.2. The molecule has 1 heterocycles. The number of amides is 3. The van der Waals surface area contributed by atoms with Gasteiger partial charge in [0.2, 0.25) is 11.9 Å². The number of hydrogen-bond donors (Lipinski definition) is 4. The minimum Gasteiger partial charge on any atom is -0.356 e. The molecule has 0 bridgehead atoms. The number of guanidine groups is 1. The van der Waals surface area contributed by atoms with Gasteiger partial charge in [0.05, 0.1) is 5.92 Å². The third-order valence-corrected chi connectivity index (χ3v) is 5.41. The predicted molar refractivity (Wildman–Crippen MR) is 130 cm³/mol. The van der Waals surface area contributed by atoms with Gasteiger partial charge in [-0.05, 0) is 55.5 Å². The fraction of sp³-hybridized carbons (Fsp3) is 0.440. The molecule has 1 fully saturated rings. The van der Waals surface area contributed by atoms with Crippen molar-refractivity contribution < 1.29 is 14.4 Å². The van der Waals surface area contributed by atoms with E-state index in [4.69, 9.17) is 0 Å². The maximum absolute atomic E-state index is 12.8. The van der Waals surface area contributed by atoms with Gasteiger partial charge < -0.3 is 16.0 Å². The highest BCUT2D eigenvalue weighted by Gasteiger charge is 2.30. The van der Waals surface area contributed by atoms with Gasteiger partial charge >= 0.3 is 0 Å². The first-order chi connectivity index (χ1) is 15.5. The summed E-state index contributed by atoms with van der Waals surface area (Å²) in [5.74, 6) is -0.770. The van der Waals surface area contributed by atoms with Gasteiger partial charge in [-0.1, -0.05) is 32.9 Å². The molecule has 33 heavy (non-hydrogen) atoms. The van der Waals surface area contributed by atoms with Crippen LogP contribution in [0.2, 0.25) is 0 Å². The van der Waals surface area contributed by atoms with Crippen molar-refractivity contribution in [3.8, 4) is 0 Å². The number of anilines is 1. The minimum absolute atomic E-state index is 0.0563. The van der Waals surface area contributed by atoms with E-state index in [9.17, 15) is 14.4 Å². The van der Waals surface area contributed by atoms with Crippen LogP contribution in [0.1, 0.15) is 57.8 Å². The Morgan fingerprint density at radius 1 is 1.21 bits per heavy atom. The van der Waals surface area contributed by atoms with Gasteiger partial charge in [-0.3, -0.25) is 19.7 Å². The zero-order valence-corrected chi connectivity index (χ0v) is 19.9. The van der Waals surface area contributed by atoms with Gasteiger partial charge in [0.15, 0.2) is 0 Å². The van der Waals surface area contributed by atoms with Gasteiger partial charge in [0.25, 0.3) is 11.8 Å². The molecule has 0 saturated carbocycles. The molecule has 0 aromatic heterocycles. The number of benzene rings is 1. The first-order valence-electron chi connectivity index (χ1n) is 11.3. The molecule has 4 N–H and O–H groups in total. The lowest BCUT2D eigenvalue weighted by Gasteiger charge is -2.31. The number of allylic oxidation sites excluding steroid dienone is 2. The van der Waals surface area contributed by atoms with Crippen molar-refractivity contribution in [2.45, 2.75) is 53.5 Å². The van der Waals surface area contributed by atoms with Crippen LogP contribution in [0.5, 0.6) is 0 Å². The maximum atomic E-state index is 12.8. The summed E-state index contributed by atoms with van der Waals surface area (Å²) in [6.45, 7) is 10.6. The average molecular weight is 452 g/mol. The van der Waals surface area contributed by atoms with Crippen LogP contribution in [0.25, 0.3) is 0 Å². The molecule has 8 heteroatoms. The smallest absolute Gasteiger partial charge is 0.256 e. The van der Waals surface area contributed by atoms with E-state index in [1.807, 2.05) is 44.2 Å². The monoisotopic (exact) mass is 451 g/mol. The Morgan fingerprint density at radius 2 is 1.97 bits per heavy atom. The van der Waals surface area contributed by atoms with E-state index < -0.39 is 5.92 Å². The van der Waals surface area contributed by atoms with Crippen LogP contribution in [-0.2, 0) is 9.59 Å². The molecule has 1 aromatic carbocycles. The van der Waals surface area contributed by atoms with E-state index in [0.717, 1.165) is 17.0 Å². The van der Waals surface area contributed by atoms with Crippen LogP contribution in [0.3, 0.4) is 0 Å². The highest BCUT2D eigenvalue weighted by molar-refractivity contribution is 6.04. The zero-order valence-electron chi connectivity index (χ0n) is 19.9. The van der Waals surface area contributed by atoms with Crippen molar-refractivity contribution in [2.24, 2.45) is 16.3 Å². The second-order valence-corrected chi connectivity index (χ2v) is 9.67. The number of nitrogens with zero attached hydrogens (tertiary/aromatic N) is 1. The molecule has 1 unspecified atom stereocenters. The molecule has 0 spiro atoms. The second-order valence-electron chi connectivity index (χ2n) is 9.67. The Bertz CT molecular complexity index is 1030. The number of rotatable bonds is 5. The van der Waals surface area contributed by atoms with Crippen molar-refractivity contribution in [1.29, 1.82) is 0 Å². The summed E-state index contributed by atoms with van der Waals surface area (Å²) in [5, 5.41) is 11.9. The molecule has 8 nitrogen and oxygen atoms in total. The van der Waals surface area contributed by atoms with Crippen molar-refractivity contribution in [3.05, 3.63) is 53.3 Å². The Hall–Kier alpha value is -3.42. The lowest BCUT2D eigenvalue weighted by molar-refractivity contribution is -0.120. The average Bonchev–Trinajstić information content (AvgIpc) is 2.73. The van der Waals surface area contributed by atoms with Crippen LogP contribution in [0, 0.1) is 11.3 Å². The molecular weight excluding hydrogens is 418 g/mol. The fourth-order valence-corrected chi connectivity index (χ4v) is 3.74. The lowest BCUT2D eigenvalue weighted by atomic mass is 9.77. The van der Waals surface area contributed by atoms with Gasteiger partial charge in [0.1, 0.15) is 0 Å². The topological polar surface area (TPSA) is 112 Å². The van der Waals surface area contributed by atoms with E-state index >= 15 is 0 Å². The summed E-state index contributed by atoms with van der Waals surface area (Å²) < 4.78 is 0. The standard InChI is InChI=1S/C25H33N5O3/c1-15(2)27-22(32)16-7-6-8-18(13-16)28-20-10-9-17(14-19(20)25(3,4)5)23(33)30-24-26-12-11-21(31)29-24/h6-10,13,15,17,28H,11-12,14H2,1-5H3,(H,27,32)(H2,26,29,30,31,33). The summed E-state index contributed by atoms with van der Waals surface area (Å²) in [6.07, 6.45) is 4.62. The number of aliphatic imine (C=N–C) groups is 1. The summed E-state index contributed by atoms with van der Waals surface area (Å²) in [4.78, 5) is 40.8. The number of nitrogens with one attached hydrogen (secondary N) is 4. The fourth-order valence-electron chi connectivity index (χ4n) is 3.74. The molecular formula is C25H33N5O3. The van der Waals surface area contributed by atoms with Gasteiger partial charge in [-0.2, -0.15) is 4.99 Å². The van der Waals surface area contributed by atoms with E-state index in [2.05, 4.69) is 47.0 Å². The Balaban J connectivity index is 1.79. The minimum atomic E-state index is -0.416. The van der Waals surface area contributed by atoms with Crippen LogP contribution in [-0.4, -0.2) is 36.3 Å². The van der Waals surface area contributed by atoms with Crippen molar-refractivity contribution in [2.75, 3.05) is 11.9 Å². The van der Waals surface area contributed by atoms with E-state index in [0.29, 0.717) is 24.9 Å². The highest BCUT2D eigenvalue weighted by atomic mass is 16.2. The molecule has 3 rings (SSSR count). The Morgan fingerprint density at radius 3 is 2.64 bits per heavy atom. The molecule has 0 radical (unpaired) electrons. The second kappa shape index (κ2) is 10.0. The van der Waals surface area contributed by atoms with Gasteiger partial charge in [0, 0.05) is 36.0 Å². The number of carbonyl (C=O) groups is 3. The Kier molecular flexibility index (Phi) is 7.36. The van der Waals surface area contributed by atoms with Crippen molar-refractivity contribution >= 4 is 29.4 Å². The van der Waals surface area contributed by atoms with Crippen LogP contribution < -0.4 is 21.3 Å². The van der Waals surface area contributed by atoms with Crippen molar-refractivity contribution in [3.63, 3.8) is 0 Å². The summed E-state index contributed by atoms with van der Waals surface area (Å²) in [5.41, 5.74) is 3.18.